The topological polar surface area (TPSA) is 35.9 Å². The minimum absolute atomic E-state index is 0.142. The molecule has 0 N–H and O–H groups in total. The first-order chi connectivity index (χ1) is 28.4. The number of benzene rings is 6. The number of imidazole rings is 1. The first-order valence-electron chi connectivity index (χ1n) is 20.6. The summed E-state index contributed by atoms with van der Waals surface area (Å²) in [6.45, 7) is 14.1. The van der Waals surface area contributed by atoms with Crippen molar-refractivity contribution in [2.75, 3.05) is 0 Å². The minimum Gasteiger partial charge on any atom is -0.458 e. The number of hydrogen-bond donors (Lipinski definition) is 0. The van der Waals surface area contributed by atoms with E-state index in [1.165, 1.54) is 49.9 Å². The Morgan fingerprint density at radius 3 is 1.95 bits per heavy atom. The van der Waals surface area contributed by atoms with Crippen molar-refractivity contribution in [3.05, 3.63) is 190 Å². The van der Waals surface area contributed by atoms with Crippen LogP contribution in [0.2, 0.25) is 0 Å². The molecule has 0 saturated heterocycles. The molecule has 9 aromatic rings. The van der Waals surface area contributed by atoms with Crippen LogP contribution < -0.4 is 9.30 Å². The molecular formula is C54H46N4O. The minimum atomic E-state index is -0.674. The van der Waals surface area contributed by atoms with Crippen LogP contribution in [0.3, 0.4) is 0 Å². The molecule has 0 bridgehead atoms. The molecule has 0 atom stereocenters. The number of nitrogens with zero attached hydrogens (tertiary/aromatic N) is 4. The third-order valence-electron chi connectivity index (χ3n) is 12.6. The molecule has 0 radical (unpaired) electrons. The smallest absolute Gasteiger partial charge is 0.244 e. The van der Waals surface area contributed by atoms with Crippen molar-refractivity contribution in [3.63, 3.8) is 0 Å². The van der Waals surface area contributed by atoms with Gasteiger partial charge < -0.3 is 13.9 Å². The van der Waals surface area contributed by atoms with E-state index in [-0.39, 0.29) is 10.8 Å². The summed E-state index contributed by atoms with van der Waals surface area (Å²) in [4.78, 5) is 4.75. The van der Waals surface area contributed by atoms with Crippen molar-refractivity contribution < 1.29 is 9.30 Å². The van der Waals surface area contributed by atoms with Gasteiger partial charge in [0.1, 0.15) is 17.3 Å². The van der Waals surface area contributed by atoms with E-state index >= 15 is 0 Å². The van der Waals surface area contributed by atoms with Crippen LogP contribution in [0.25, 0.3) is 56.5 Å². The molecule has 0 unspecified atom stereocenters. The summed E-state index contributed by atoms with van der Waals surface area (Å²) in [5.41, 5.74) is 14.8. The Balaban J connectivity index is 1.21. The lowest BCUT2D eigenvalue weighted by atomic mass is 9.57. The summed E-state index contributed by atoms with van der Waals surface area (Å²) in [6.07, 6.45) is 10.3. The number of hydrogen-bond acceptors (Lipinski definition) is 2. The Labute approximate surface area is 345 Å². The highest BCUT2D eigenvalue weighted by Gasteiger charge is 2.50. The molecule has 0 fully saturated rings. The van der Waals surface area contributed by atoms with Crippen LogP contribution in [0.1, 0.15) is 86.1 Å². The molecule has 5 heteroatoms. The van der Waals surface area contributed by atoms with Gasteiger partial charge in [0.05, 0.1) is 40.2 Å². The Morgan fingerprint density at radius 1 is 0.610 bits per heavy atom. The summed E-state index contributed by atoms with van der Waals surface area (Å²) in [5, 5.41) is 2.34. The SMILES string of the molecule is C[n+]1[c-]n2c3c(cccc31)C1(c3ccc(Oc4ccc5c6ccccc6n(-c6ccccn6)c5c4)cc3-2)c2c(cccc2C(C)(C)C)C=Cc2cccc(C(C)(C)C)c21. The third kappa shape index (κ3) is 5.03. The van der Waals surface area contributed by atoms with Crippen molar-refractivity contribution in [2.24, 2.45) is 7.05 Å². The van der Waals surface area contributed by atoms with E-state index in [1.807, 2.05) is 18.3 Å². The van der Waals surface area contributed by atoms with Crippen LogP contribution in [-0.2, 0) is 23.3 Å². The summed E-state index contributed by atoms with van der Waals surface area (Å²) in [7, 11) is 2.11. The first-order valence-corrected chi connectivity index (χ1v) is 20.6. The van der Waals surface area contributed by atoms with Crippen molar-refractivity contribution in [3.8, 4) is 23.0 Å². The van der Waals surface area contributed by atoms with Gasteiger partial charge in [-0.1, -0.05) is 139 Å². The van der Waals surface area contributed by atoms with Gasteiger partial charge in [0, 0.05) is 23.0 Å². The van der Waals surface area contributed by atoms with Crippen LogP contribution in [0.15, 0.2) is 140 Å². The average Bonchev–Trinajstić information content (AvgIpc) is 3.69. The second-order valence-corrected chi connectivity index (χ2v) is 18.3. The predicted octanol–water partition coefficient (Wildman–Crippen LogP) is 12.3. The molecule has 1 aliphatic carbocycles. The normalized spacial score (nSPS) is 14.1. The highest BCUT2D eigenvalue weighted by molar-refractivity contribution is 6.09. The van der Waals surface area contributed by atoms with Crippen LogP contribution in [-0.4, -0.2) is 14.1 Å². The molecule has 2 aliphatic rings. The standard InChI is InChI=1S/C54H46N4O/c1-52(2,3)41-18-12-15-34-24-25-35-16-13-19-42(53(4,5)6)50(35)54(49(34)41)40-29-27-37(32-47(40)57-33-56(7)45-22-14-20-43(54)51(45)57)59-36-26-28-39-38-17-8-9-21-44(38)58(46(39)31-36)48-23-10-11-30-55-48/h8-32H,1-7H3. The van der Waals surface area contributed by atoms with Gasteiger partial charge in [-0.05, 0) is 97.8 Å². The molecule has 3 aromatic heterocycles. The number of aryl methyl sites for hydroxylation is 1. The Hall–Kier alpha value is -6.72. The van der Waals surface area contributed by atoms with Crippen LogP contribution in [0.4, 0.5) is 0 Å². The van der Waals surface area contributed by atoms with E-state index < -0.39 is 5.41 Å². The first kappa shape index (κ1) is 35.4. The highest BCUT2D eigenvalue weighted by Crippen LogP contribution is 2.59. The Morgan fingerprint density at radius 2 is 1.25 bits per heavy atom. The molecule has 5 nitrogen and oxygen atoms in total. The van der Waals surface area contributed by atoms with Gasteiger partial charge in [-0.15, -0.1) is 0 Å². The maximum absolute atomic E-state index is 6.95. The quantitative estimate of drug-likeness (QED) is 0.133. The van der Waals surface area contributed by atoms with Gasteiger partial charge in [-0.3, -0.25) is 4.57 Å². The maximum Gasteiger partial charge on any atom is 0.244 e. The van der Waals surface area contributed by atoms with Crippen LogP contribution in [0, 0.1) is 6.33 Å². The summed E-state index contributed by atoms with van der Waals surface area (Å²) in [6, 6.07) is 48.3. The fourth-order valence-electron chi connectivity index (χ4n) is 10.2. The van der Waals surface area contributed by atoms with Crippen molar-refractivity contribution in [2.45, 2.75) is 57.8 Å². The summed E-state index contributed by atoms with van der Waals surface area (Å²) in [5.74, 6) is 2.39. The number of pyridine rings is 1. The Kier molecular flexibility index (Phi) is 7.44. The lowest BCUT2D eigenvalue weighted by Gasteiger charge is -2.47. The molecule has 4 heterocycles. The van der Waals surface area contributed by atoms with Crippen molar-refractivity contribution in [1.29, 1.82) is 0 Å². The zero-order chi connectivity index (χ0) is 40.4. The second kappa shape index (κ2) is 12.4. The van der Waals surface area contributed by atoms with E-state index in [2.05, 4.69) is 202 Å². The third-order valence-corrected chi connectivity index (χ3v) is 12.6. The fraction of sp³-hybridized carbons (Fsp3) is 0.185. The van der Waals surface area contributed by atoms with Gasteiger partial charge in [-0.25, -0.2) is 4.98 Å². The molecule has 6 aromatic carbocycles. The van der Waals surface area contributed by atoms with E-state index in [9.17, 15) is 0 Å². The number of fused-ring (bicyclic) bond motifs is 11. The predicted molar refractivity (Wildman–Crippen MR) is 240 cm³/mol. The molecule has 288 valence electrons. The fourth-order valence-corrected chi connectivity index (χ4v) is 10.2. The van der Waals surface area contributed by atoms with Crippen molar-refractivity contribution >= 4 is 45.0 Å². The van der Waals surface area contributed by atoms with Gasteiger partial charge >= 0.3 is 0 Å². The lowest BCUT2D eigenvalue weighted by Crippen LogP contribution is -2.40. The average molecular weight is 767 g/mol. The summed E-state index contributed by atoms with van der Waals surface area (Å²) < 4.78 is 13.6. The molecule has 0 saturated carbocycles. The molecule has 1 spiro atoms. The second-order valence-electron chi connectivity index (χ2n) is 18.3. The van der Waals surface area contributed by atoms with Gasteiger partial charge in [0.25, 0.3) is 0 Å². The van der Waals surface area contributed by atoms with E-state index in [1.54, 1.807) is 0 Å². The number of rotatable bonds is 3. The number of aromatic nitrogens is 4. The van der Waals surface area contributed by atoms with E-state index in [0.29, 0.717) is 0 Å². The zero-order valence-corrected chi connectivity index (χ0v) is 34.6. The molecular weight excluding hydrogens is 721 g/mol. The van der Waals surface area contributed by atoms with E-state index in [0.717, 1.165) is 50.5 Å². The molecule has 11 rings (SSSR count). The van der Waals surface area contributed by atoms with Crippen LogP contribution in [0.5, 0.6) is 11.5 Å². The summed E-state index contributed by atoms with van der Waals surface area (Å²) >= 11 is 0. The Bertz CT molecular complexity index is 3150. The van der Waals surface area contributed by atoms with Gasteiger partial charge in [0.2, 0.25) is 6.33 Å². The highest BCUT2D eigenvalue weighted by atomic mass is 16.5. The zero-order valence-electron chi connectivity index (χ0n) is 34.6. The largest absolute Gasteiger partial charge is 0.458 e. The van der Waals surface area contributed by atoms with Crippen LogP contribution >= 0.6 is 0 Å². The molecule has 1 aliphatic heterocycles. The molecule has 59 heavy (non-hydrogen) atoms. The maximum atomic E-state index is 6.95. The van der Waals surface area contributed by atoms with Gasteiger partial charge in [-0.2, -0.15) is 0 Å². The van der Waals surface area contributed by atoms with Crippen molar-refractivity contribution in [1.82, 2.24) is 14.1 Å². The molecule has 0 amide bonds. The number of para-hydroxylation sites is 2. The van der Waals surface area contributed by atoms with E-state index in [4.69, 9.17) is 9.72 Å². The van der Waals surface area contributed by atoms with Gasteiger partial charge in [0.15, 0.2) is 0 Å². The number of ether oxygens (including phenoxy) is 1. The lowest BCUT2D eigenvalue weighted by molar-refractivity contribution is -0.649. The monoisotopic (exact) mass is 766 g/mol.